The number of carbonyl (C=O) groups excluding carboxylic acids is 1. The maximum atomic E-state index is 12.5. The Labute approximate surface area is 127 Å². The van der Waals surface area contributed by atoms with Gasteiger partial charge in [-0.05, 0) is 44.8 Å². The Kier molecular flexibility index (Phi) is 7.52. The number of hydrogen-bond acceptors (Lipinski definition) is 3. The topological polar surface area (TPSA) is 43.8 Å². The molecule has 0 saturated carbocycles. The summed E-state index contributed by atoms with van der Waals surface area (Å²) in [6.45, 7) is 4.26. The fraction of sp³-hybridized carbons (Fsp3) is 0.471. The van der Waals surface area contributed by atoms with Crippen LogP contribution in [0, 0.1) is 11.8 Å². The van der Waals surface area contributed by atoms with Crippen molar-refractivity contribution in [3.8, 4) is 11.8 Å². The van der Waals surface area contributed by atoms with E-state index in [-0.39, 0.29) is 12.5 Å². The van der Waals surface area contributed by atoms with E-state index in [1.807, 2.05) is 31.1 Å². The molecule has 0 saturated heterocycles. The van der Waals surface area contributed by atoms with Crippen molar-refractivity contribution in [1.82, 2.24) is 9.80 Å². The van der Waals surface area contributed by atoms with E-state index in [9.17, 15) is 4.79 Å². The molecule has 0 heterocycles. The van der Waals surface area contributed by atoms with E-state index in [2.05, 4.69) is 23.7 Å². The SMILES string of the molecule is CCCN(CCN(C)C)C(=O)c1ccc(C#CCO)cc1. The molecule has 1 rings (SSSR count). The highest BCUT2D eigenvalue weighted by Crippen LogP contribution is 2.08. The van der Waals surface area contributed by atoms with Gasteiger partial charge in [0.2, 0.25) is 0 Å². The summed E-state index contributed by atoms with van der Waals surface area (Å²) in [6, 6.07) is 7.21. The van der Waals surface area contributed by atoms with Crippen LogP contribution in [0.1, 0.15) is 29.3 Å². The van der Waals surface area contributed by atoms with Gasteiger partial charge in [0, 0.05) is 30.8 Å². The molecule has 0 unspecified atom stereocenters. The van der Waals surface area contributed by atoms with E-state index in [0.717, 1.165) is 31.6 Å². The second kappa shape index (κ2) is 9.17. The molecule has 1 N–H and O–H groups in total. The quantitative estimate of drug-likeness (QED) is 0.806. The van der Waals surface area contributed by atoms with E-state index < -0.39 is 0 Å². The summed E-state index contributed by atoms with van der Waals surface area (Å²) in [7, 11) is 4.01. The zero-order valence-corrected chi connectivity index (χ0v) is 13.1. The highest BCUT2D eigenvalue weighted by atomic mass is 16.2. The van der Waals surface area contributed by atoms with Gasteiger partial charge in [0.1, 0.15) is 6.61 Å². The van der Waals surface area contributed by atoms with Crippen LogP contribution in [0.4, 0.5) is 0 Å². The van der Waals surface area contributed by atoms with Crippen LogP contribution in [0.15, 0.2) is 24.3 Å². The number of amides is 1. The average molecular weight is 288 g/mol. The zero-order chi connectivity index (χ0) is 15.7. The molecule has 0 aliphatic rings. The Hall–Kier alpha value is -1.83. The average Bonchev–Trinajstić information content (AvgIpc) is 2.49. The highest BCUT2D eigenvalue weighted by Gasteiger charge is 2.14. The van der Waals surface area contributed by atoms with Gasteiger partial charge in [-0.2, -0.15) is 0 Å². The molecule has 0 bridgehead atoms. The largest absolute Gasteiger partial charge is 0.384 e. The predicted octanol–water partition coefficient (Wildman–Crippen LogP) is 1.44. The predicted molar refractivity (Wildman–Crippen MR) is 85.2 cm³/mol. The lowest BCUT2D eigenvalue weighted by Gasteiger charge is -2.24. The molecule has 4 nitrogen and oxygen atoms in total. The van der Waals surface area contributed by atoms with Crippen molar-refractivity contribution >= 4 is 5.91 Å². The lowest BCUT2D eigenvalue weighted by molar-refractivity contribution is 0.0745. The Morgan fingerprint density at radius 2 is 1.81 bits per heavy atom. The van der Waals surface area contributed by atoms with E-state index in [1.54, 1.807) is 12.1 Å². The zero-order valence-electron chi connectivity index (χ0n) is 13.1. The van der Waals surface area contributed by atoms with Crippen molar-refractivity contribution in [3.63, 3.8) is 0 Å². The van der Waals surface area contributed by atoms with Gasteiger partial charge in [0.05, 0.1) is 0 Å². The summed E-state index contributed by atoms with van der Waals surface area (Å²) >= 11 is 0. The van der Waals surface area contributed by atoms with Crippen molar-refractivity contribution in [2.24, 2.45) is 0 Å². The summed E-state index contributed by atoms with van der Waals surface area (Å²) in [5.41, 5.74) is 1.48. The first kappa shape index (κ1) is 17.2. The summed E-state index contributed by atoms with van der Waals surface area (Å²) in [5, 5.41) is 8.67. The van der Waals surface area contributed by atoms with Crippen LogP contribution in [-0.4, -0.2) is 61.2 Å². The van der Waals surface area contributed by atoms with Crippen molar-refractivity contribution in [1.29, 1.82) is 0 Å². The van der Waals surface area contributed by atoms with Gasteiger partial charge in [0.25, 0.3) is 5.91 Å². The number of benzene rings is 1. The number of hydrogen-bond donors (Lipinski definition) is 1. The summed E-state index contributed by atoms with van der Waals surface area (Å²) in [5.74, 6) is 5.47. The van der Waals surface area contributed by atoms with Crippen molar-refractivity contribution in [2.45, 2.75) is 13.3 Å². The van der Waals surface area contributed by atoms with Crippen LogP contribution in [0.2, 0.25) is 0 Å². The van der Waals surface area contributed by atoms with Crippen molar-refractivity contribution < 1.29 is 9.90 Å². The van der Waals surface area contributed by atoms with Gasteiger partial charge in [-0.15, -0.1) is 0 Å². The minimum atomic E-state index is -0.157. The van der Waals surface area contributed by atoms with Gasteiger partial charge in [0.15, 0.2) is 0 Å². The number of carbonyl (C=O) groups is 1. The van der Waals surface area contributed by atoms with E-state index in [0.29, 0.717) is 5.56 Å². The molecule has 1 aromatic carbocycles. The van der Waals surface area contributed by atoms with Crippen molar-refractivity contribution in [2.75, 3.05) is 40.3 Å². The molecule has 0 spiro atoms. The molecule has 0 fully saturated rings. The third kappa shape index (κ3) is 5.99. The van der Waals surface area contributed by atoms with Gasteiger partial charge >= 0.3 is 0 Å². The first-order valence-electron chi connectivity index (χ1n) is 7.22. The highest BCUT2D eigenvalue weighted by molar-refractivity contribution is 5.94. The molecule has 0 aromatic heterocycles. The molecule has 0 atom stereocenters. The van der Waals surface area contributed by atoms with Crippen LogP contribution < -0.4 is 0 Å². The standard InChI is InChI=1S/C17H24N2O2/c1-4-11-19(13-12-18(2)3)17(21)16-9-7-15(8-10-16)6-5-14-20/h7-10,20H,4,11-14H2,1-3H3. The lowest BCUT2D eigenvalue weighted by atomic mass is 10.1. The van der Waals surface area contributed by atoms with Crippen LogP contribution in [0.5, 0.6) is 0 Å². The molecule has 0 aliphatic carbocycles. The summed E-state index contributed by atoms with van der Waals surface area (Å²) in [4.78, 5) is 16.5. The normalized spacial score (nSPS) is 10.1. The lowest BCUT2D eigenvalue weighted by Crippen LogP contribution is -2.37. The van der Waals surface area contributed by atoms with E-state index >= 15 is 0 Å². The van der Waals surface area contributed by atoms with Crippen LogP contribution in [0.3, 0.4) is 0 Å². The third-order valence-corrected chi connectivity index (χ3v) is 3.04. The molecule has 4 heteroatoms. The molecule has 1 amide bonds. The first-order valence-corrected chi connectivity index (χ1v) is 7.22. The van der Waals surface area contributed by atoms with Gasteiger partial charge in [-0.1, -0.05) is 18.8 Å². The second-order valence-corrected chi connectivity index (χ2v) is 5.13. The number of nitrogens with zero attached hydrogens (tertiary/aromatic N) is 2. The fourth-order valence-corrected chi connectivity index (χ4v) is 1.93. The molecular formula is C17H24N2O2. The second-order valence-electron chi connectivity index (χ2n) is 5.13. The maximum Gasteiger partial charge on any atom is 0.253 e. The minimum absolute atomic E-state index is 0.0559. The van der Waals surface area contributed by atoms with E-state index in [1.165, 1.54) is 0 Å². The molecule has 21 heavy (non-hydrogen) atoms. The van der Waals surface area contributed by atoms with Gasteiger partial charge in [-0.3, -0.25) is 4.79 Å². The Bertz CT molecular complexity index is 498. The monoisotopic (exact) mass is 288 g/mol. The molecule has 0 radical (unpaired) electrons. The first-order chi connectivity index (χ1) is 10.1. The molecule has 1 aromatic rings. The number of likely N-dealkylation sites (N-methyl/N-ethyl adjacent to an activating group) is 1. The molecule has 0 aliphatic heterocycles. The van der Waals surface area contributed by atoms with Crippen LogP contribution in [-0.2, 0) is 0 Å². The number of aliphatic hydroxyl groups is 1. The Morgan fingerprint density at radius 3 is 2.33 bits per heavy atom. The number of rotatable bonds is 6. The summed E-state index contributed by atoms with van der Waals surface area (Å²) in [6.07, 6.45) is 0.944. The van der Waals surface area contributed by atoms with Crippen LogP contribution in [0.25, 0.3) is 0 Å². The minimum Gasteiger partial charge on any atom is -0.384 e. The van der Waals surface area contributed by atoms with Gasteiger partial charge in [-0.25, -0.2) is 0 Å². The smallest absolute Gasteiger partial charge is 0.253 e. The molecule has 114 valence electrons. The summed E-state index contributed by atoms with van der Waals surface area (Å²) < 4.78 is 0. The third-order valence-electron chi connectivity index (χ3n) is 3.04. The molecular weight excluding hydrogens is 264 g/mol. The van der Waals surface area contributed by atoms with Gasteiger partial charge < -0.3 is 14.9 Å². The van der Waals surface area contributed by atoms with Crippen LogP contribution >= 0.6 is 0 Å². The Morgan fingerprint density at radius 1 is 1.14 bits per heavy atom. The number of aliphatic hydroxyl groups excluding tert-OH is 1. The fourth-order valence-electron chi connectivity index (χ4n) is 1.93. The maximum absolute atomic E-state index is 12.5. The van der Waals surface area contributed by atoms with E-state index in [4.69, 9.17) is 5.11 Å². The Balaban J connectivity index is 2.78. The van der Waals surface area contributed by atoms with Crippen molar-refractivity contribution in [3.05, 3.63) is 35.4 Å².